The van der Waals surface area contributed by atoms with Crippen molar-refractivity contribution in [2.75, 3.05) is 6.61 Å². The van der Waals surface area contributed by atoms with Crippen molar-refractivity contribution >= 4 is 19.4 Å². The van der Waals surface area contributed by atoms with Crippen LogP contribution < -0.4 is 4.46 Å². The molecule has 3 nitrogen and oxygen atoms in total. The van der Waals surface area contributed by atoms with Crippen LogP contribution in [0.4, 0.5) is 0 Å². The summed E-state index contributed by atoms with van der Waals surface area (Å²) < 4.78 is 12.7. The summed E-state index contributed by atoms with van der Waals surface area (Å²) in [5.74, 6) is 0. The molecular formula is C18H20O3Se. The first-order valence-corrected chi connectivity index (χ1v) is 9.33. The number of rotatable bonds is 6. The van der Waals surface area contributed by atoms with Crippen molar-refractivity contribution in [2.24, 2.45) is 0 Å². The average Bonchev–Trinajstić information content (AvgIpc) is 2.89. The molecule has 1 aliphatic rings. The van der Waals surface area contributed by atoms with Gasteiger partial charge in [0.2, 0.25) is 0 Å². The van der Waals surface area contributed by atoms with Gasteiger partial charge in [0.15, 0.2) is 0 Å². The van der Waals surface area contributed by atoms with Crippen LogP contribution in [0.1, 0.15) is 12.0 Å². The molecule has 0 radical (unpaired) electrons. The second-order valence-electron chi connectivity index (χ2n) is 5.35. The number of benzene rings is 2. The Hall–Kier alpha value is -1.16. The standard InChI is InChI=1S/C18H20O3Se/c19-18-17(22-16-9-5-2-6-10-16)11-15(21-18)13-20-12-14-7-3-1-4-8-14/h1-10,15,17-19H,11-13H2/t15-,17+,18?/m1/s1. The Kier molecular flexibility index (Phi) is 5.65. The minimum absolute atomic E-state index is 0.00528. The van der Waals surface area contributed by atoms with Gasteiger partial charge in [-0.05, 0) is 0 Å². The molecule has 1 saturated heterocycles. The summed E-state index contributed by atoms with van der Waals surface area (Å²) in [6.45, 7) is 1.12. The van der Waals surface area contributed by atoms with Gasteiger partial charge in [0.05, 0.1) is 0 Å². The molecule has 0 spiro atoms. The Balaban J connectivity index is 1.44. The third-order valence-electron chi connectivity index (χ3n) is 3.59. The number of aliphatic hydroxyl groups is 1. The summed E-state index contributed by atoms with van der Waals surface area (Å²) in [5.41, 5.74) is 1.16. The third kappa shape index (κ3) is 4.42. The molecule has 116 valence electrons. The molecule has 1 fully saturated rings. The van der Waals surface area contributed by atoms with Gasteiger partial charge in [0, 0.05) is 0 Å². The fourth-order valence-corrected chi connectivity index (χ4v) is 4.91. The van der Waals surface area contributed by atoms with Gasteiger partial charge < -0.3 is 0 Å². The number of ether oxygens (including phenoxy) is 2. The van der Waals surface area contributed by atoms with Gasteiger partial charge in [-0.25, -0.2) is 0 Å². The quantitative estimate of drug-likeness (QED) is 0.800. The first kappa shape index (κ1) is 15.7. The van der Waals surface area contributed by atoms with E-state index in [0.717, 1.165) is 12.0 Å². The van der Waals surface area contributed by atoms with Crippen LogP contribution in [0.3, 0.4) is 0 Å². The SMILES string of the molecule is OC1O[C@@H](COCc2ccccc2)C[C@@H]1[Se]c1ccccc1. The van der Waals surface area contributed by atoms with Gasteiger partial charge in [0.25, 0.3) is 0 Å². The van der Waals surface area contributed by atoms with Gasteiger partial charge in [-0.15, -0.1) is 0 Å². The molecule has 0 bridgehead atoms. The molecule has 0 aliphatic carbocycles. The normalized spacial score (nSPS) is 24.5. The van der Waals surface area contributed by atoms with Crippen LogP contribution in [0, 0.1) is 0 Å². The van der Waals surface area contributed by atoms with E-state index in [0.29, 0.717) is 13.2 Å². The van der Waals surface area contributed by atoms with E-state index in [4.69, 9.17) is 9.47 Å². The van der Waals surface area contributed by atoms with Crippen LogP contribution in [0.5, 0.6) is 0 Å². The van der Waals surface area contributed by atoms with E-state index in [1.54, 1.807) is 0 Å². The molecule has 1 unspecified atom stereocenters. The molecule has 3 atom stereocenters. The Morgan fingerprint density at radius 3 is 2.45 bits per heavy atom. The Morgan fingerprint density at radius 2 is 1.73 bits per heavy atom. The Morgan fingerprint density at radius 1 is 1.05 bits per heavy atom. The zero-order valence-electron chi connectivity index (χ0n) is 12.3. The molecule has 2 aromatic carbocycles. The Labute approximate surface area is 137 Å². The number of aliphatic hydroxyl groups excluding tert-OH is 1. The topological polar surface area (TPSA) is 38.7 Å². The van der Waals surface area contributed by atoms with E-state index in [1.807, 2.05) is 48.5 Å². The van der Waals surface area contributed by atoms with E-state index in [1.165, 1.54) is 4.46 Å². The van der Waals surface area contributed by atoms with Gasteiger partial charge in [-0.3, -0.25) is 0 Å². The van der Waals surface area contributed by atoms with Crippen LogP contribution in [0.15, 0.2) is 60.7 Å². The summed E-state index contributed by atoms with van der Waals surface area (Å²) in [6.07, 6.45) is 0.199. The molecule has 0 aromatic heterocycles. The first-order chi connectivity index (χ1) is 10.8. The minimum atomic E-state index is -0.662. The van der Waals surface area contributed by atoms with E-state index < -0.39 is 6.29 Å². The molecule has 1 N–H and O–H groups in total. The second kappa shape index (κ2) is 7.91. The van der Waals surface area contributed by atoms with Crippen molar-refractivity contribution < 1.29 is 14.6 Å². The molecule has 1 heterocycles. The van der Waals surface area contributed by atoms with Gasteiger partial charge >= 0.3 is 137 Å². The van der Waals surface area contributed by atoms with Crippen molar-refractivity contribution in [3.05, 3.63) is 66.2 Å². The van der Waals surface area contributed by atoms with Gasteiger partial charge in [0.1, 0.15) is 0 Å². The predicted molar refractivity (Wildman–Crippen MR) is 87.2 cm³/mol. The number of hydrogen-bond donors (Lipinski definition) is 1. The third-order valence-corrected chi connectivity index (χ3v) is 6.26. The van der Waals surface area contributed by atoms with E-state index in [-0.39, 0.29) is 25.9 Å². The average molecular weight is 363 g/mol. The second-order valence-corrected chi connectivity index (χ2v) is 8.11. The molecular weight excluding hydrogens is 343 g/mol. The monoisotopic (exact) mass is 364 g/mol. The molecule has 0 amide bonds. The molecule has 22 heavy (non-hydrogen) atoms. The zero-order valence-corrected chi connectivity index (χ0v) is 14.0. The van der Waals surface area contributed by atoms with E-state index in [2.05, 4.69) is 12.1 Å². The van der Waals surface area contributed by atoms with Crippen molar-refractivity contribution in [2.45, 2.75) is 30.2 Å². The zero-order chi connectivity index (χ0) is 15.2. The molecule has 1 aliphatic heterocycles. The predicted octanol–water partition coefficient (Wildman–Crippen LogP) is 2.13. The van der Waals surface area contributed by atoms with E-state index in [9.17, 15) is 5.11 Å². The maximum absolute atomic E-state index is 10.1. The summed E-state index contributed by atoms with van der Waals surface area (Å²) in [7, 11) is 0. The summed E-state index contributed by atoms with van der Waals surface area (Å²) in [4.78, 5) is 0.209. The van der Waals surface area contributed by atoms with Crippen molar-refractivity contribution in [1.29, 1.82) is 0 Å². The number of hydrogen-bond acceptors (Lipinski definition) is 3. The summed E-state index contributed by atoms with van der Waals surface area (Å²) >= 11 is 0.231. The van der Waals surface area contributed by atoms with Crippen LogP contribution in [-0.2, 0) is 16.1 Å². The van der Waals surface area contributed by atoms with Crippen LogP contribution in [-0.4, -0.2) is 39.1 Å². The Bertz CT molecular complexity index is 561. The summed E-state index contributed by atoms with van der Waals surface area (Å²) in [6, 6.07) is 20.4. The molecule has 2 aromatic rings. The van der Waals surface area contributed by atoms with Crippen molar-refractivity contribution in [3.63, 3.8) is 0 Å². The van der Waals surface area contributed by atoms with Gasteiger partial charge in [-0.1, -0.05) is 0 Å². The fraction of sp³-hybridized carbons (Fsp3) is 0.333. The van der Waals surface area contributed by atoms with Crippen molar-refractivity contribution in [1.82, 2.24) is 0 Å². The van der Waals surface area contributed by atoms with Crippen molar-refractivity contribution in [3.8, 4) is 0 Å². The van der Waals surface area contributed by atoms with Crippen LogP contribution in [0.25, 0.3) is 0 Å². The fourth-order valence-electron chi connectivity index (χ4n) is 2.49. The van der Waals surface area contributed by atoms with Crippen LogP contribution in [0.2, 0.25) is 4.82 Å². The molecule has 0 saturated carbocycles. The van der Waals surface area contributed by atoms with Crippen LogP contribution >= 0.6 is 0 Å². The first-order valence-electron chi connectivity index (χ1n) is 7.48. The van der Waals surface area contributed by atoms with E-state index >= 15 is 0 Å². The molecule has 4 heteroatoms. The maximum atomic E-state index is 10.1. The summed E-state index contributed by atoms with van der Waals surface area (Å²) in [5, 5.41) is 10.1. The molecule has 3 rings (SSSR count). The van der Waals surface area contributed by atoms with Gasteiger partial charge in [-0.2, -0.15) is 0 Å².